The van der Waals surface area contributed by atoms with E-state index < -0.39 is 0 Å². The predicted molar refractivity (Wildman–Crippen MR) is 171 cm³/mol. The van der Waals surface area contributed by atoms with Crippen molar-refractivity contribution >= 4 is 44.9 Å². The first-order valence-corrected chi connectivity index (χ1v) is 14.0. The molecule has 4 aromatic carbocycles. The van der Waals surface area contributed by atoms with Gasteiger partial charge >= 0.3 is 0 Å². The fourth-order valence-electron chi connectivity index (χ4n) is 5.43. The van der Waals surface area contributed by atoms with Crippen molar-refractivity contribution in [2.75, 3.05) is 11.1 Å². The summed E-state index contributed by atoms with van der Waals surface area (Å²) < 4.78 is 10.8. The normalized spacial score (nSPS) is 11.9. The average molecular weight is 553 g/mol. The van der Waals surface area contributed by atoms with Crippen molar-refractivity contribution in [1.82, 2.24) is 18.9 Å². The van der Waals surface area contributed by atoms with Gasteiger partial charge in [-0.1, -0.05) is 51.1 Å². The number of benzene rings is 4. The van der Waals surface area contributed by atoms with Crippen LogP contribution in [0, 0.1) is 6.92 Å². The lowest BCUT2D eigenvalue weighted by Crippen LogP contribution is -2.12. The number of para-hydroxylation sites is 3. The van der Waals surface area contributed by atoms with Gasteiger partial charge in [0, 0.05) is 24.0 Å². The van der Waals surface area contributed by atoms with Crippen LogP contribution in [0.1, 0.15) is 31.9 Å². The van der Waals surface area contributed by atoms with Crippen molar-refractivity contribution in [3.8, 4) is 17.3 Å². The first-order chi connectivity index (χ1) is 20.3. The highest BCUT2D eigenvalue weighted by atomic mass is 16.5. The highest BCUT2D eigenvalue weighted by Gasteiger charge is 2.21. The van der Waals surface area contributed by atoms with Crippen LogP contribution in [-0.2, 0) is 5.41 Å². The topological polar surface area (TPSA) is 82.4 Å². The van der Waals surface area contributed by atoms with Crippen molar-refractivity contribution in [1.29, 1.82) is 0 Å². The number of imidazole rings is 2. The van der Waals surface area contributed by atoms with E-state index in [1.54, 1.807) is 0 Å². The molecule has 7 nitrogen and oxygen atoms in total. The Balaban J connectivity index is 1.36. The molecule has 0 unspecified atom stereocenters. The van der Waals surface area contributed by atoms with Crippen molar-refractivity contribution in [3.05, 3.63) is 114 Å². The number of nitrogens with one attached hydrogen (secondary N) is 1. The molecule has 3 heterocycles. The molecule has 42 heavy (non-hydrogen) atoms. The zero-order valence-electron chi connectivity index (χ0n) is 24.1. The minimum absolute atomic E-state index is 0.0224. The molecule has 3 aromatic heterocycles. The molecule has 0 aliphatic heterocycles. The first kappa shape index (κ1) is 25.7. The molecule has 0 aliphatic carbocycles. The van der Waals surface area contributed by atoms with Gasteiger partial charge in [0.25, 0.3) is 0 Å². The number of rotatable bonds is 5. The van der Waals surface area contributed by atoms with E-state index in [0.29, 0.717) is 17.2 Å². The summed E-state index contributed by atoms with van der Waals surface area (Å²) in [6.45, 7) is 8.73. The van der Waals surface area contributed by atoms with E-state index in [0.717, 1.165) is 50.6 Å². The average Bonchev–Trinajstić information content (AvgIpc) is 3.49. The van der Waals surface area contributed by atoms with E-state index in [1.807, 2.05) is 60.8 Å². The van der Waals surface area contributed by atoms with E-state index in [2.05, 4.69) is 84.4 Å². The molecule has 7 rings (SSSR count). The molecule has 0 bridgehead atoms. The lowest BCUT2D eigenvalue weighted by molar-refractivity contribution is 0.483. The summed E-state index contributed by atoms with van der Waals surface area (Å²) >= 11 is 0. The molecule has 0 radical (unpaired) electrons. The zero-order chi connectivity index (χ0) is 29.0. The van der Waals surface area contributed by atoms with Crippen LogP contribution < -0.4 is 15.8 Å². The first-order valence-electron chi connectivity index (χ1n) is 14.0. The van der Waals surface area contributed by atoms with E-state index >= 15 is 0 Å². The lowest BCUT2D eigenvalue weighted by Gasteiger charge is -2.19. The van der Waals surface area contributed by atoms with Crippen molar-refractivity contribution < 1.29 is 4.74 Å². The van der Waals surface area contributed by atoms with Gasteiger partial charge in [-0.2, -0.15) is 0 Å². The van der Waals surface area contributed by atoms with Gasteiger partial charge in [-0.15, -0.1) is 0 Å². The summed E-state index contributed by atoms with van der Waals surface area (Å²) in [6, 6.07) is 32.3. The summed E-state index contributed by atoms with van der Waals surface area (Å²) in [4.78, 5) is 9.93. The van der Waals surface area contributed by atoms with Crippen molar-refractivity contribution in [3.63, 3.8) is 0 Å². The number of nitrogen functional groups attached to an aromatic ring is 1. The van der Waals surface area contributed by atoms with E-state index in [-0.39, 0.29) is 5.41 Å². The number of fused-ring (bicyclic) bond motifs is 5. The second-order valence-corrected chi connectivity index (χ2v) is 11.7. The minimum Gasteiger partial charge on any atom is -0.457 e. The quantitative estimate of drug-likeness (QED) is 0.209. The van der Waals surface area contributed by atoms with Crippen LogP contribution in [0.3, 0.4) is 0 Å². The molecule has 7 aromatic rings. The molecule has 7 heteroatoms. The Morgan fingerprint density at radius 2 is 1.60 bits per heavy atom. The molecule has 0 saturated carbocycles. The van der Waals surface area contributed by atoms with Gasteiger partial charge in [-0.3, -0.25) is 8.97 Å². The Kier molecular flexibility index (Phi) is 5.90. The third kappa shape index (κ3) is 4.39. The second kappa shape index (κ2) is 9.66. The van der Waals surface area contributed by atoms with Crippen LogP contribution in [0.15, 0.2) is 103 Å². The molecule has 208 valence electrons. The fourth-order valence-corrected chi connectivity index (χ4v) is 5.43. The maximum Gasteiger partial charge on any atom is 0.221 e. The Morgan fingerprint density at radius 1 is 0.786 bits per heavy atom. The maximum atomic E-state index is 6.41. The van der Waals surface area contributed by atoms with Crippen LogP contribution >= 0.6 is 0 Å². The van der Waals surface area contributed by atoms with Gasteiger partial charge < -0.3 is 15.8 Å². The summed E-state index contributed by atoms with van der Waals surface area (Å²) in [5.41, 5.74) is 14.9. The Hall–Kier alpha value is -5.30. The van der Waals surface area contributed by atoms with Gasteiger partial charge in [0.2, 0.25) is 5.78 Å². The molecule has 0 saturated heterocycles. The molecule has 0 amide bonds. The van der Waals surface area contributed by atoms with Crippen LogP contribution in [-0.4, -0.2) is 18.9 Å². The molecule has 0 aliphatic rings. The van der Waals surface area contributed by atoms with Crippen LogP contribution in [0.4, 0.5) is 17.1 Å². The number of ether oxygens (including phenoxy) is 1. The highest BCUT2D eigenvalue weighted by Crippen LogP contribution is 2.35. The molecule has 0 spiro atoms. The number of pyridine rings is 1. The predicted octanol–water partition coefficient (Wildman–Crippen LogP) is 8.55. The number of anilines is 3. The molecular formula is C35H32N6O. The summed E-state index contributed by atoms with van der Waals surface area (Å²) in [7, 11) is 0. The number of hydrogen-bond donors (Lipinski definition) is 2. The van der Waals surface area contributed by atoms with Crippen LogP contribution in [0.25, 0.3) is 33.7 Å². The largest absolute Gasteiger partial charge is 0.457 e. The van der Waals surface area contributed by atoms with Gasteiger partial charge in [-0.05, 0) is 78.1 Å². The van der Waals surface area contributed by atoms with Gasteiger partial charge in [-0.25, -0.2) is 9.97 Å². The van der Waals surface area contributed by atoms with Crippen LogP contribution in [0.2, 0.25) is 0 Å². The number of aryl methyl sites for hydroxylation is 1. The molecule has 0 fully saturated rings. The highest BCUT2D eigenvalue weighted by molar-refractivity contribution is 5.93. The fraction of sp³-hybridized carbons (Fsp3) is 0.143. The summed E-state index contributed by atoms with van der Waals surface area (Å²) in [6.07, 6.45) is 1.88. The Bertz CT molecular complexity index is 2110. The van der Waals surface area contributed by atoms with Crippen molar-refractivity contribution in [2.45, 2.75) is 33.1 Å². The molecule has 3 N–H and O–H groups in total. The monoisotopic (exact) mass is 552 g/mol. The number of hydrogen-bond acceptors (Lipinski definition) is 5. The van der Waals surface area contributed by atoms with Gasteiger partial charge in [0.05, 0.1) is 33.4 Å². The van der Waals surface area contributed by atoms with Gasteiger partial charge in [0.15, 0.2) is 0 Å². The van der Waals surface area contributed by atoms with E-state index in [9.17, 15) is 0 Å². The SMILES string of the molecule is Cc1cccc2c1nc1n(-c3cc(C(C)(C)C)ccn3)c3cc(Oc4cccc(Nc5ccccc5N)c4)ccc3n21. The van der Waals surface area contributed by atoms with Gasteiger partial charge in [0.1, 0.15) is 17.3 Å². The Labute approximate surface area is 244 Å². The van der Waals surface area contributed by atoms with Crippen LogP contribution in [0.5, 0.6) is 11.5 Å². The smallest absolute Gasteiger partial charge is 0.221 e. The van der Waals surface area contributed by atoms with E-state index in [4.69, 9.17) is 20.4 Å². The molecular weight excluding hydrogens is 520 g/mol. The minimum atomic E-state index is -0.0224. The zero-order valence-corrected chi connectivity index (χ0v) is 24.1. The lowest BCUT2D eigenvalue weighted by atomic mass is 9.88. The van der Waals surface area contributed by atoms with Crippen molar-refractivity contribution in [2.24, 2.45) is 0 Å². The third-order valence-corrected chi connectivity index (χ3v) is 7.65. The summed E-state index contributed by atoms with van der Waals surface area (Å²) in [5.74, 6) is 3.06. The number of nitrogens with zero attached hydrogens (tertiary/aromatic N) is 4. The molecule has 0 atom stereocenters. The standard InChI is InChI=1S/C35H32N6O/c1-22-9-7-14-30-33(22)39-34-40(30)29-16-15-26(21-31(29)41(34)32-19-23(17-18-37-32)35(2,3)4)42-25-11-8-10-24(20-25)38-28-13-6-5-12-27(28)36/h5-21,38H,36H2,1-4H3. The third-order valence-electron chi connectivity index (χ3n) is 7.65. The Morgan fingerprint density at radius 3 is 2.43 bits per heavy atom. The van der Waals surface area contributed by atoms with E-state index in [1.165, 1.54) is 5.56 Å². The second-order valence-electron chi connectivity index (χ2n) is 11.7. The maximum absolute atomic E-state index is 6.41. The number of nitrogens with two attached hydrogens (primary N) is 1. The summed E-state index contributed by atoms with van der Waals surface area (Å²) in [5, 5.41) is 3.38. The number of aromatic nitrogens is 4.